The third-order valence-electron chi connectivity index (χ3n) is 3.70. The number of halogens is 1. The molecule has 2 heterocycles. The highest BCUT2D eigenvalue weighted by molar-refractivity contribution is 7.90. The highest BCUT2D eigenvalue weighted by Gasteiger charge is 2.23. The Morgan fingerprint density at radius 3 is 2.46 bits per heavy atom. The Morgan fingerprint density at radius 1 is 1.21 bits per heavy atom. The molecule has 0 aliphatic rings. The van der Waals surface area contributed by atoms with Crippen molar-refractivity contribution in [2.45, 2.75) is 31.1 Å². The minimum atomic E-state index is -3.41. The van der Waals surface area contributed by atoms with Crippen LogP contribution in [0.2, 0.25) is 5.02 Å². The van der Waals surface area contributed by atoms with Crippen molar-refractivity contribution in [1.29, 1.82) is 0 Å². The van der Waals surface area contributed by atoms with Gasteiger partial charge in [0.25, 0.3) is 5.89 Å². The normalized spacial score (nSPS) is 12.2. The van der Waals surface area contributed by atoms with Gasteiger partial charge < -0.3 is 15.5 Å². The van der Waals surface area contributed by atoms with Crippen LogP contribution in [-0.2, 0) is 15.3 Å². The van der Waals surface area contributed by atoms with Gasteiger partial charge in [0.15, 0.2) is 9.84 Å². The SMILES string of the molecule is CC(C)(C)c1nnc(-c2cnc(Nc3ccc(S(C)(=O)=O)c(Cl)c3)nc2N)o1. The van der Waals surface area contributed by atoms with E-state index < -0.39 is 9.84 Å². The van der Waals surface area contributed by atoms with Gasteiger partial charge in [-0.2, -0.15) is 4.98 Å². The highest BCUT2D eigenvalue weighted by atomic mass is 35.5. The predicted molar refractivity (Wildman–Crippen MR) is 106 cm³/mol. The minimum Gasteiger partial charge on any atom is -0.420 e. The van der Waals surface area contributed by atoms with Crippen molar-refractivity contribution >= 4 is 38.9 Å². The number of nitrogens with two attached hydrogens (primary N) is 1. The maximum Gasteiger partial charge on any atom is 0.253 e. The van der Waals surface area contributed by atoms with E-state index in [9.17, 15) is 8.42 Å². The van der Waals surface area contributed by atoms with Crippen molar-refractivity contribution in [3.05, 3.63) is 35.3 Å². The zero-order valence-electron chi connectivity index (χ0n) is 15.7. The number of rotatable bonds is 4. The first kappa shape index (κ1) is 20.0. The largest absolute Gasteiger partial charge is 0.420 e. The number of hydrogen-bond donors (Lipinski definition) is 2. The fourth-order valence-corrected chi connectivity index (χ4v) is 3.59. The molecule has 148 valence electrons. The van der Waals surface area contributed by atoms with E-state index >= 15 is 0 Å². The van der Waals surface area contributed by atoms with Crippen LogP contribution in [0.25, 0.3) is 11.5 Å². The molecule has 3 rings (SSSR count). The number of anilines is 3. The molecule has 0 amide bonds. The Labute approximate surface area is 167 Å². The highest BCUT2D eigenvalue weighted by Crippen LogP contribution is 2.29. The van der Waals surface area contributed by atoms with Crippen LogP contribution < -0.4 is 11.1 Å². The summed E-state index contributed by atoms with van der Waals surface area (Å²) in [4.78, 5) is 8.42. The molecule has 0 atom stereocenters. The van der Waals surface area contributed by atoms with Gasteiger partial charge in [-0.1, -0.05) is 32.4 Å². The van der Waals surface area contributed by atoms with E-state index in [0.717, 1.165) is 6.26 Å². The molecule has 3 aromatic rings. The van der Waals surface area contributed by atoms with Gasteiger partial charge in [-0.25, -0.2) is 13.4 Å². The van der Waals surface area contributed by atoms with Gasteiger partial charge in [0, 0.05) is 23.6 Å². The predicted octanol–water partition coefficient (Wildman–Crippen LogP) is 3.21. The molecular weight excluding hydrogens is 404 g/mol. The standard InChI is InChI=1S/C17H19ClN6O3S/c1-17(2,3)15-24-23-14(27-15)10-8-20-16(22-13(10)19)21-9-5-6-12(11(18)7-9)28(4,25)26/h5-8H,1-4H3,(H3,19,20,21,22). The smallest absolute Gasteiger partial charge is 0.253 e. The van der Waals surface area contributed by atoms with Crippen LogP contribution in [0.5, 0.6) is 0 Å². The Bertz CT molecular complexity index is 1140. The van der Waals surface area contributed by atoms with E-state index in [1.54, 1.807) is 6.07 Å². The summed E-state index contributed by atoms with van der Waals surface area (Å²) in [6, 6.07) is 4.44. The molecule has 11 heteroatoms. The lowest BCUT2D eigenvalue weighted by molar-refractivity contribution is 0.399. The third-order valence-corrected chi connectivity index (χ3v) is 5.28. The number of sulfone groups is 1. The molecular formula is C17H19ClN6O3S. The van der Waals surface area contributed by atoms with Gasteiger partial charge in [0.2, 0.25) is 11.8 Å². The molecule has 1 aromatic carbocycles. The van der Waals surface area contributed by atoms with Crippen molar-refractivity contribution in [1.82, 2.24) is 20.2 Å². The van der Waals surface area contributed by atoms with Gasteiger partial charge in [-0.3, -0.25) is 0 Å². The lowest BCUT2D eigenvalue weighted by Crippen LogP contribution is -2.11. The van der Waals surface area contributed by atoms with Crippen molar-refractivity contribution in [3.63, 3.8) is 0 Å². The Morgan fingerprint density at radius 2 is 1.93 bits per heavy atom. The average molecular weight is 423 g/mol. The number of nitrogens with zero attached hydrogens (tertiary/aromatic N) is 4. The summed E-state index contributed by atoms with van der Waals surface area (Å²) in [5.74, 6) is 1.07. The van der Waals surface area contributed by atoms with Gasteiger partial charge in [-0.05, 0) is 18.2 Å². The van der Waals surface area contributed by atoms with Crippen LogP contribution in [0.3, 0.4) is 0 Å². The number of nitrogens with one attached hydrogen (secondary N) is 1. The fourth-order valence-electron chi connectivity index (χ4n) is 2.26. The summed E-state index contributed by atoms with van der Waals surface area (Å²) in [6.45, 7) is 5.87. The van der Waals surface area contributed by atoms with E-state index in [2.05, 4.69) is 25.5 Å². The minimum absolute atomic E-state index is 0.0431. The zero-order chi connectivity index (χ0) is 20.7. The molecule has 0 radical (unpaired) electrons. The van der Waals surface area contributed by atoms with Crippen LogP contribution in [0.4, 0.5) is 17.5 Å². The summed E-state index contributed by atoms with van der Waals surface area (Å²) in [7, 11) is -3.41. The third kappa shape index (κ3) is 4.23. The first-order chi connectivity index (χ1) is 12.9. The van der Waals surface area contributed by atoms with Crippen LogP contribution in [0.15, 0.2) is 33.7 Å². The summed E-state index contributed by atoms with van der Waals surface area (Å²) in [5.41, 5.74) is 6.65. The number of aromatic nitrogens is 4. The molecule has 0 unspecified atom stereocenters. The van der Waals surface area contributed by atoms with Crippen molar-refractivity contribution in [2.75, 3.05) is 17.3 Å². The van der Waals surface area contributed by atoms with E-state index in [1.807, 2.05) is 20.8 Å². The topological polar surface area (TPSA) is 137 Å². The van der Waals surface area contributed by atoms with Gasteiger partial charge in [-0.15, -0.1) is 10.2 Å². The molecule has 0 spiro atoms. The molecule has 28 heavy (non-hydrogen) atoms. The first-order valence-electron chi connectivity index (χ1n) is 8.18. The van der Waals surface area contributed by atoms with E-state index in [0.29, 0.717) is 17.1 Å². The molecule has 0 aliphatic heterocycles. The van der Waals surface area contributed by atoms with E-state index in [1.165, 1.54) is 18.3 Å². The molecule has 0 aliphatic carbocycles. The average Bonchev–Trinajstić information content (AvgIpc) is 3.03. The van der Waals surface area contributed by atoms with Crippen molar-refractivity contribution in [2.24, 2.45) is 0 Å². The van der Waals surface area contributed by atoms with Crippen LogP contribution in [0.1, 0.15) is 26.7 Å². The summed E-state index contributed by atoms with van der Waals surface area (Å²) in [6.07, 6.45) is 2.56. The number of hydrogen-bond acceptors (Lipinski definition) is 9. The second kappa shape index (κ2) is 7.02. The summed E-state index contributed by atoms with van der Waals surface area (Å²) >= 11 is 6.04. The Balaban J connectivity index is 1.85. The molecule has 0 fully saturated rings. The van der Waals surface area contributed by atoms with Crippen molar-refractivity contribution < 1.29 is 12.8 Å². The lowest BCUT2D eigenvalue weighted by Gasteiger charge is -2.11. The summed E-state index contributed by atoms with van der Waals surface area (Å²) < 4.78 is 28.9. The van der Waals surface area contributed by atoms with Gasteiger partial charge in [0.1, 0.15) is 5.82 Å². The van der Waals surface area contributed by atoms with Crippen molar-refractivity contribution in [3.8, 4) is 11.5 Å². The second-order valence-corrected chi connectivity index (χ2v) is 9.59. The zero-order valence-corrected chi connectivity index (χ0v) is 17.3. The van der Waals surface area contributed by atoms with Crippen LogP contribution >= 0.6 is 11.6 Å². The van der Waals surface area contributed by atoms with E-state index in [4.69, 9.17) is 21.8 Å². The first-order valence-corrected chi connectivity index (χ1v) is 10.5. The fraction of sp³-hybridized carbons (Fsp3) is 0.294. The monoisotopic (exact) mass is 422 g/mol. The second-order valence-electron chi connectivity index (χ2n) is 7.20. The lowest BCUT2D eigenvalue weighted by atomic mass is 9.97. The molecule has 0 saturated heterocycles. The number of benzene rings is 1. The maximum absolute atomic E-state index is 11.6. The Kier molecular flexibility index (Phi) is 5.02. The quantitative estimate of drug-likeness (QED) is 0.648. The molecule has 0 bridgehead atoms. The van der Waals surface area contributed by atoms with Gasteiger partial charge in [0.05, 0.1) is 15.5 Å². The number of nitrogen functional groups attached to an aromatic ring is 1. The van der Waals surface area contributed by atoms with Crippen LogP contribution in [-0.4, -0.2) is 34.8 Å². The molecule has 3 N–H and O–H groups in total. The Hall–Kier alpha value is -2.72. The molecule has 2 aromatic heterocycles. The molecule has 9 nitrogen and oxygen atoms in total. The van der Waals surface area contributed by atoms with Gasteiger partial charge >= 0.3 is 0 Å². The maximum atomic E-state index is 11.6. The van der Waals surface area contributed by atoms with E-state index in [-0.39, 0.29) is 33.0 Å². The summed E-state index contributed by atoms with van der Waals surface area (Å²) in [5, 5.41) is 11.0. The van der Waals surface area contributed by atoms with Crippen LogP contribution in [0, 0.1) is 0 Å². The molecule has 0 saturated carbocycles.